The molecule has 5 heteroatoms. The van der Waals surface area contributed by atoms with Crippen molar-refractivity contribution < 1.29 is 22.1 Å². The molecular weight excluding hydrogens is 271 g/mol. The van der Waals surface area contributed by atoms with Crippen LogP contribution in [0.4, 0.5) is 10.5 Å². The zero-order valence-electron chi connectivity index (χ0n) is 11.2. The molecule has 0 radical (unpaired) electrons. The molecule has 0 fully saturated rings. The van der Waals surface area contributed by atoms with Crippen LogP contribution in [0.5, 0.6) is 0 Å². The Morgan fingerprint density at radius 3 is 2.61 bits per heavy atom. The Labute approximate surface area is 120 Å². The Morgan fingerprint density at radius 2 is 2.06 bits per heavy atom. The molecule has 1 unspecified atom stereocenters. The minimum absolute atomic E-state index is 0. The number of anilines is 1. The van der Waals surface area contributed by atoms with Gasteiger partial charge in [0.1, 0.15) is 0 Å². The topological polar surface area (TPSA) is 33.5 Å². The summed E-state index contributed by atoms with van der Waals surface area (Å²) in [7, 11) is 1.87. The minimum Gasteiger partial charge on any atom is -1.00 e. The van der Waals surface area contributed by atoms with Gasteiger partial charge in [0.15, 0.2) is 0 Å². The van der Waals surface area contributed by atoms with E-state index >= 15 is 0 Å². The molecule has 3 nitrogen and oxygen atoms in total. The average Bonchev–Trinajstić information content (AvgIpc) is 2.23. The van der Waals surface area contributed by atoms with Gasteiger partial charge in [-0.05, 0) is 24.6 Å². The van der Waals surface area contributed by atoms with Crippen LogP contribution in [-0.2, 0) is 0 Å². The molecule has 1 aromatic carbocycles. The normalized spacial score (nSPS) is 11.9. The molecule has 18 heavy (non-hydrogen) atoms. The number of halogens is 2. The van der Waals surface area contributed by atoms with Crippen LogP contribution in [0.1, 0.15) is 19.4 Å². The number of quaternary nitrogens is 1. The van der Waals surface area contributed by atoms with Crippen molar-refractivity contribution in [3.63, 3.8) is 0 Å². The first-order valence-corrected chi connectivity index (χ1v) is 6.18. The molecule has 2 amide bonds. The summed E-state index contributed by atoms with van der Waals surface area (Å²) in [5, 5.41) is 3.57. The molecule has 0 spiro atoms. The van der Waals surface area contributed by atoms with E-state index in [2.05, 4.69) is 19.2 Å². The lowest BCUT2D eigenvalue weighted by Gasteiger charge is -2.15. The molecular formula is C13H20Cl2N2O. The molecule has 0 heterocycles. The van der Waals surface area contributed by atoms with Crippen LogP contribution in [-0.4, -0.2) is 19.6 Å². The van der Waals surface area contributed by atoms with Crippen molar-refractivity contribution in [2.75, 3.05) is 18.9 Å². The second kappa shape index (κ2) is 7.62. The van der Waals surface area contributed by atoms with Crippen LogP contribution < -0.4 is 22.6 Å². The van der Waals surface area contributed by atoms with Crippen molar-refractivity contribution >= 4 is 23.3 Å². The fraction of sp³-hybridized carbons (Fsp3) is 0.462. The second-order valence-corrected chi connectivity index (χ2v) is 5.15. The summed E-state index contributed by atoms with van der Waals surface area (Å²) in [5.41, 5.74) is 1.69. The lowest BCUT2D eigenvalue weighted by molar-refractivity contribution is -0.793. The number of amides is 2. The van der Waals surface area contributed by atoms with Crippen molar-refractivity contribution in [3.05, 3.63) is 28.8 Å². The lowest BCUT2D eigenvalue weighted by Crippen LogP contribution is -3.13. The Hall–Kier alpha value is -0.770. The maximum Gasteiger partial charge on any atom is 0.419 e. The maximum atomic E-state index is 11.9. The zero-order chi connectivity index (χ0) is 13.0. The van der Waals surface area contributed by atoms with Gasteiger partial charge in [0, 0.05) is 10.9 Å². The number of nitrogens with one attached hydrogen (secondary N) is 2. The van der Waals surface area contributed by atoms with E-state index in [0.717, 1.165) is 22.7 Å². The van der Waals surface area contributed by atoms with E-state index in [1.54, 1.807) is 0 Å². The highest BCUT2D eigenvalue weighted by atomic mass is 35.5. The molecule has 1 atom stereocenters. The number of carbonyl (C=O) groups excluding carboxylic acids is 1. The molecule has 0 aliphatic carbocycles. The molecule has 0 saturated carbocycles. The zero-order valence-corrected chi connectivity index (χ0v) is 12.7. The van der Waals surface area contributed by atoms with E-state index < -0.39 is 0 Å². The average molecular weight is 291 g/mol. The van der Waals surface area contributed by atoms with Crippen molar-refractivity contribution in [2.24, 2.45) is 5.92 Å². The van der Waals surface area contributed by atoms with Gasteiger partial charge in [-0.1, -0.05) is 31.5 Å². The van der Waals surface area contributed by atoms with Gasteiger partial charge in [-0.2, -0.15) is 0 Å². The van der Waals surface area contributed by atoms with Crippen molar-refractivity contribution in [1.29, 1.82) is 0 Å². The number of hydrogen-bond acceptors (Lipinski definition) is 1. The third kappa shape index (κ3) is 4.84. The van der Waals surface area contributed by atoms with Crippen LogP contribution in [0.3, 0.4) is 0 Å². The first-order chi connectivity index (χ1) is 7.91. The van der Waals surface area contributed by atoms with Crippen molar-refractivity contribution in [3.8, 4) is 0 Å². The summed E-state index contributed by atoms with van der Waals surface area (Å²) in [5.74, 6) is 0.487. The number of hydrogen-bond donors (Lipinski definition) is 2. The molecule has 0 bridgehead atoms. The third-order valence-corrected chi connectivity index (χ3v) is 3.03. The predicted molar refractivity (Wildman–Crippen MR) is 71.8 cm³/mol. The van der Waals surface area contributed by atoms with Gasteiger partial charge in [-0.15, -0.1) is 0 Å². The predicted octanol–water partition coefficient (Wildman–Crippen LogP) is -0.645. The Kier molecular flexibility index (Phi) is 7.29. The van der Waals surface area contributed by atoms with Gasteiger partial charge in [0.2, 0.25) is 0 Å². The van der Waals surface area contributed by atoms with Crippen molar-refractivity contribution in [1.82, 2.24) is 0 Å². The SMILES string of the molecule is Cc1c(Cl)cccc1NC(=O)[NH+](C)CC(C)C.[Cl-]. The highest BCUT2D eigenvalue weighted by molar-refractivity contribution is 6.31. The summed E-state index contributed by atoms with van der Waals surface area (Å²) in [6.07, 6.45) is 0. The van der Waals surface area contributed by atoms with Gasteiger partial charge < -0.3 is 12.4 Å². The summed E-state index contributed by atoms with van der Waals surface area (Å²) in [6.45, 7) is 6.91. The van der Waals surface area contributed by atoms with Crippen LogP contribution >= 0.6 is 11.6 Å². The van der Waals surface area contributed by atoms with E-state index in [4.69, 9.17) is 11.6 Å². The third-order valence-electron chi connectivity index (χ3n) is 2.62. The Morgan fingerprint density at radius 1 is 1.44 bits per heavy atom. The van der Waals surface area contributed by atoms with E-state index in [9.17, 15) is 4.79 Å². The summed E-state index contributed by atoms with van der Waals surface area (Å²) in [4.78, 5) is 12.8. The van der Waals surface area contributed by atoms with Crippen LogP contribution in [0, 0.1) is 12.8 Å². The molecule has 0 aliphatic heterocycles. The van der Waals surface area contributed by atoms with Gasteiger partial charge in [-0.3, -0.25) is 10.2 Å². The molecule has 0 aliphatic rings. The summed E-state index contributed by atoms with van der Waals surface area (Å²) < 4.78 is 0. The van der Waals surface area contributed by atoms with E-state index in [-0.39, 0.29) is 18.4 Å². The standard InChI is InChI=1S/C13H19ClN2O.ClH/c1-9(2)8-16(4)13(17)15-12-7-5-6-11(14)10(12)3;/h5-7,9H,8H2,1-4H3,(H,15,17);1H. The maximum absolute atomic E-state index is 11.9. The minimum atomic E-state index is -0.0240. The van der Waals surface area contributed by atoms with E-state index in [0.29, 0.717) is 10.9 Å². The number of rotatable bonds is 3. The molecule has 2 N–H and O–H groups in total. The Balaban J connectivity index is 0.00000289. The van der Waals surface area contributed by atoms with E-state index in [1.807, 2.05) is 32.2 Å². The highest BCUT2D eigenvalue weighted by Crippen LogP contribution is 2.22. The van der Waals surface area contributed by atoms with E-state index in [1.165, 1.54) is 0 Å². The highest BCUT2D eigenvalue weighted by Gasteiger charge is 2.16. The fourth-order valence-corrected chi connectivity index (χ4v) is 1.85. The van der Waals surface area contributed by atoms with Crippen LogP contribution in [0.25, 0.3) is 0 Å². The Bertz CT molecular complexity index is 408. The first kappa shape index (κ1) is 17.2. The van der Waals surface area contributed by atoms with Gasteiger partial charge >= 0.3 is 6.03 Å². The quantitative estimate of drug-likeness (QED) is 0.763. The summed E-state index contributed by atoms with van der Waals surface area (Å²) in [6, 6.07) is 5.49. The number of urea groups is 1. The number of benzene rings is 1. The molecule has 0 saturated heterocycles. The smallest absolute Gasteiger partial charge is 0.419 e. The molecule has 0 aromatic heterocycles. The molecule has 102 valence electrons. The summed E-state index contributed by atoms with van der Waals surface area (Å²) >= 11 is 6.00. The molecule has 1 rings (SSSR count). The lowest BCUT2D eigenvalue weighted by atomic mass is 10.2. The number of carbonyl (C=O) groups is 1. The van der Waals surface area contributed by atoms with Crippen LogP contribution in [0.15, 0.2) is 18.2 Å². The van der Waals surface area contributed by atoms with Gasteiger partial charge in [0.25, 0.3) is 0 Å². The van der Waals surface area contributed by atoms with Gasteiger partial charge in [0.05, 0.1) is 19.3 Å². The second-order valence-electron chi connectivity index (χ2n) is 4.74. The fourth-order valence-electron chi connectivity index (χ4n) is 1.68. The molecule has 1 aromatic rings. The van der Waals surface area contributed by atoms with Crippen molar-refractivity contribution in [2.45, 2.75) is 20.8 Å². The van der Waals surface area contributed by atoms with Gasteiger partial charge in [-0.25, -0.2) is 4.79 Å². The monoisotopic (exact) mass is 290 g/mol. The largest absolute Gasteiger partial charge is 1.00 e. The first-order valence-electron chi connectivity index (χ1n) is 5.80. The van der Waals surface area contributed by atoms with Crippen LogP contribution in [0.2, 0.25) is 5.02 Å².